The Hall–Kier alpha value is -3.91. The maximum Gasteiger partial charge on any atom is 0.258 e. The van der Waals surface area contributed by atoms with Crippen LogP contribution >= 0.6 is 11.3 Å². The Morgan fingerprint density at radius 2 is 1.82 bits per heavy atom. The number of ether oxygens (including phenoxy) is 3. The number of carbonyl (C=O) groups is 1. The number of benzene rings is 2. The van der Waals surface area contributed by atoms with Crippen molar-refractivity contribution in [2.24, 2.45) is 0 Å². The van der Waals surface area contributed by atoms with Crippen molar-refractivity contribution in [1.29, 1.82) is 0 Å². The highest BCUT2D eigenvalue weighted by atomic mass is 32.1. The molecule has 2 heterocycles. The summed E-state index contributed by atoms with van der Waals surface area (Å²) < 4.78 is 16.1. The number of hydrogen-bond acceptors (Lipinski definition) is 7. The van der Waals surface area contributed by atoms with Gasteiger partial charge in [-0.05, 0) is 59.5 Å². The zero-order valence-electron chi connectivity index (χ0n) is 18.3. The zero-order chi connectivity index (χ0) is 23.0. The number of hydrogen-bond donors (Lipinski definition) is 1. The Balaban J connectivity index is 1.31. The van der Waals surface area contributed by atoms with Gasteiger partial charge >= 0.3 is 0 Å². The van der Waals surface area contributed by atoms with Crippen molar-refractivity contribution in [2.45, 2.75) is 6.54 Å². The molecule has 2 aromatic heterocycles. The molecule has 0 saturated carbocycles. The Morgan fingerprint density at radius 3 is 2.55 bits per heavy atom. The quantitative estimate of drug-likeness (QED) is 0.393. The molecule has 8 heteroatoms. The normalized spacial score (nSPS) is 10.5. The van der Waals surface area contributed by atoms with Gasteiger partial charge in [-0.2, -0.15) is 0 Å². The largest absolute Gasteiger partial charge is 0.493 e. The van der Waals surface area contributed by atoms with Crippen LogP contribution in [-0.4, -0.2) is 36.7 Å². The molecule has 1 N–H and O–H groups in total. The van der Waals surface area contributed by atoms with Gasteiger partial charge < -0.3 is 19.5 Å². The van der Waals surface area contributed by atoms with E-state index >= 15 is 0 Å². The van der Waals surface area contributed by atoms with Crippen LogP contribution in [0.4, 0.5) is 0 Å². The van der Waals surface area contributed by atoms with Crippen molar-refractivity contribution in [3.63, 3.8) is 0 Å². The van der Waals surface area contributed by atoms with E-state index in [1.165, 1.54) is 0 Å². The van der Waals surface area contributed by atoms with E-state index < -0.39 is 0 Å². The number of nitrogens with one attached hydrogen (secondary N) is 1. The van der Waals surface area contributed by atoms with Gasteiger partial charge in [-0.25, -0.2) is 9.97 Å². The summed E-state index contributed by atoms with van der Waals surface area (Å²) in [5.41, 5.74) is 2.66. The molecule has 0 unspecified atom stereocenters. The molecule has 0 radical (unpaired) electrons. The molecule has 7 nitrogen and oxygen atoms in total. The first kappa shape index (κ1) is 22.3. The third kappa shape index (κ3) is 5.67. The molecule has 0 bridgehead atoms. The fraction of sp³-hybridized carbons (Fsp3) is 0.160. The van der Waals surface area contributed by atoms with E-state index in [1.807, 2.05) is 47.8 Å². The monoisotopic (exact) mass is 461 g/mol. The number of carbonyl (C=O) groups excluding carboxylic acids is 1. The van der Waals surface area contributed by atoms with Crippen LogP contribution in [0.15, 0.2) is 72.2 Å². The van der Waals surface area contributed by atoms with E-state index in [4.69, 9.17) is 14.2 Å². The van der Waals surface area contributed by atoms with Crippen molar-refractivity contribution in [3.05, 3.63) is 77.8 Å². The van der Waals surface area contributed by atoms with Gasteiger partial charge in [0.15, 0.2) is 23.9 Å². The van der Waals surface area contributed by atoms with Gasteiger partial charge in [0.25, 0.3) is 5.91 Å². The fourth-order valence-electron chi connectivity index (χ4n) is 3.15. The lowest BCUT2D eigenvalue weighted by Gasteiger charge is -2.11. The van der Waals surface area contributed by atoms with E-state index in [0.29, 0.717) is 29.6 Å². The van der Waals surface area contributed by atoms with E-state index in [9.17, 15) is 4.79 Å². The Bertz CT molecular complexity index is 1210. The molecule has 4 rings (SSSR count). The summed E-state index contributed by atoms with van der Waals surface area (Å²) in [6, 6.07) is 18.8. The van der Waals surface area contributed by atoms with Crippen molar-refractivity contribution >= 4 is 17.2 Å². The molecule has 0 saturated heterocycles. The van der Waals surface area contributed by atoms with E-state index in [1.54, 1.807) is 50.0 Å². The highest BCUT2D eigenvalue weighted by molar-refractivity contribution is 7.13. The average Bonchev–Trinajstić information content (AvgIpc) is 3.41. The third-order valence-electron chi connectivity index (χ3n) is 4.85. The first-order chi connectivity index (χ1) is 16.2. The van der Waals surface area contributed by atoms with Gasteiger partial charge in [0.05, 0.1) is 24.8 Å². The molecular formula is C25H23N3O4S. The van der Waals surface area contributed by atoms with Crippen LogP contribution in [0, 0.1) is 0 Å². The lowest BCUT2D eigenvalue weighted by Crippen LogP contribution is -2.28. The van der Waals surface area contributed by atoms with Gasteiger partial charge in [-0.15, -0.1) is 11.3 Å². The molecular weight excluding hydrogens is 438 g/mol. The van der Waals surface area contributed by atoms with E-state index in [2.05, 4.69) is 15.3 Å². The van der Waals surface area contributed by atoms with Crippen molar-refractivity contribution in [2.75, 3.05) is 20.8 Å². The second-order valence-electron chi connectivity index (χ2n) is 7.02. The summed E-state index contributed by atoms with van der Waals surface area (Å²) in [5.74, 6) is 2.27. The second-order valence-corrected chi connectivity index (χ2v) is 7.97. The van der Waals surface area contributed by atoms with Crippen molar-refractivity contribution in [3.8, 4) is 39.2 Å². The van der Waals surface area contributed by atoms with Crippen LogP contribution in [0.2, 0.25) is 0 Å². The number of aromatic nitrogens is 2. The van der Waals surface area contributed by atoms with Crippen LogP contribution < -0.4 is 19.5 Å². The second kappa shape index (κ2) is 10.6. The number of methoxy groups -OCH3 is 2. The summed E-state index contributed by atoms with van der Waals surface area (Å²) in [7, 11) is 3.16. The predicted octanol–water partition coefficient (Wildman–Crippen LogP) is 4.58. The minimum absolute atomic E-state index is 0.0863. The highest BCUT2D eigenvalue weighted by Crippen LogP contribution is 2.28. The molecule has 0 atom stereocenters. The molecule has 0 aliphatic rings. The highest BCUT2D eigenvalue weighted by Gasteiger charge is 2.09. The lowest BCUT2D eigenvalue weighted by atomic mass is 10.2. The Kier molecular flexibility index (Phi) is 7.16. The first-order valence-electron chi connectivity index (χ1n) is 10.2. The first-order valence-corrected chi connectivity index (χ1v) is 11.1. The molecule has 0 aliphatic carbocycles. The number of rotatable bonds is 9. The molecule has 0 fully saturated rings. The molecule has 0 spiro atoms. The minimum Gasteiger partial charge on any atom is -0.493 e. The van der Waals surface area contributed by atoms with Crippen LogP contribution in [0.25, 0.3) is 22.0 Å². The molecule has 0 aliphatic heterocycles. The molecule has 168 valence electrons. The molecule has 33 heavy (non-hydrogen) atoms. The van der Waals surface area contributed by atoms with Crippen LogP contribution in [0.3, 0.4) is 0 Å². The van der Waals surface area contributed by atoms with Crippen LogP contribution in [0.1, 0.15) is 5.56 Å². The predicted molar refractivity (Wildman–Crippen MR) is 128 cm³/mol. The minimum atomic E-state index is -0.221. The topological polar surface area (TPSA) is 82.6 Å². The van der Waals surface area contributed by atoms with Gasteiger partial charge in [0.1, 0.15) is 5.75 Å². The molecule has 4 aromatic rings. The average molecular weight is 462 g/mol. The summed E-state index contributed by atoms with van der Waals surface area (Å²) in [4.78, 5) is 22.3. The number of amides is 1. The summed E-state index contributed by atoms with van der Waals surface area (Å²) >= 11 is 1.64. The smallest absolute Gasteiger partial charge is 0.258 e. The maximum absolute atomic E-state index is 12.2. The Morgan fingerprint density at radius 1 is 1.00 bits per heavy atom. The maximum atomic E-state index is 12.2. The lowest BCUT2D eigenvalue weighted by molar-refractivity contribution is -0.123. The van der Waals surface area contributed by atoms with E-state index in [0.717, 1.165) is 21.7 Å². The molecule has 1 amide bonds. The SMILES string of the molecule is COc1ccc(CNC(=O)COc2ccc(-c3nccc(-c4cccs4)n3)cc2)cc1OC. The van der Waals surface area contributed by atoms with E-state index in [-0.39, 0.29) is 12.5 Å². The van der Waals surface area contributed by atoms with Gasteiger partial charge in [0, 0.05) is 18.3 Å². The van der Waals surface area contributed by atoms with Crippen molar-refractivity contribution in [1.82, 2.24) is 15.3 Å². The molecule has 2 aromatic carbocycles. The standard InChI is InChI=1S/C25H23N3O4S/c1-30-21-10-5-17(14-22(21)31-2)15-27-24(29)16-32-19-8-6-18(7-9-19)25-26-12-11-20(28-25)23-4-3-13-33-23/h3-14H,15-16H2,1-2H3,(H,27,29). The van der Waals surface area contributed by atoms with Crippen LogP contribution in [0.5, 0.6) is 17.2 Å². The van der Waals surface area contributed by atoms with Gasteiger partial charge in [-0.3, -0.25) is 4.79 Å². The number of thiophene rings is 1. The number of nitrogens with zero attached hydrogens (tertiary/aromatic N) is 2. The summed E-state index contributed by atoms with van der Waals surface area (Å²) in [6.07, 6.45) is 1.75. The Labute approximate surface area is 196 Å². The van der Waals surface area contributed by atoms with Crippen molar-refractivity contribution < 1.29 is 19.0 Å². The third-order valence-corrected chi connectivity index (χ3v) is 5.74. The zero-order valence-corrected chi connectivity index (χ0v) is 19.1. The van der Waals surface area contributed by atoms with Gasteiger partial charge in [0.2, 0.25) is 0 Å². The summed E-state index contributed by atoms with van der Waals surface area (Å²) in [5, 5.41) is 4.86. The van der Waals surface area contributed by atoms with Gasteiger partial charge in [-0.1, -0.05) is 12.1 Å². The fourth-order valence-corrected chi connectivity index (χ4v) is 3.85. The van der Waals surface area contributed by atoms with Crippen LogP contribution in [-0.2, 0) is 11.3 Å². The summed E-state index contributed by atoms with van der Waals surface area (Å²) in [6.45, 7) is 0.274.